The lowest BCUT2D eigenvalue weighted by Crippen LogP contribution is -2.47. The van der Waals surface area contributed by atoms with Crippen molar-refractivity contribution in [2.75, 3.05) is 6.54 Å². The molecule has 20 heavy (non-hydrogen) atoms. The number of rotatable bonds is 6. The summed E-state index contributed by atoms with van der Waals surface area (Å²) in [5.74, 6) is 1.49. The van der Waals surface area contributed by atoms with Crippen molar-refractivity contribution in [3.8, 4) is 0 Å². The third kappa shape index (κ3) is 7.49. The molecule has 1 atom stereocenters. The first-order valence-electron chi connectivity index (χ1n) is 7.86. The molecule has 1 fully saturated rings. The van der Waals surface area contributed by atoms with E-state index in [4.69, 9.17) is 5.73 Å². The van der Waals surface area contributed by atoms with E-state index in [1.165, 1.54) is 32.1 Å². The number of halogens is 1. The van der Waals surface area contributed by atoms with E-state index in [0.29, 0.717) is 12.5 Å². The molecule has 3 N–H and O–H groups in total. The summed E-state index contributed by atoms with van der Waals surface area (Å²) >= 11 is 0. The van der Waals surface area contributed by atoms with Crippen LogP contribution in [0.15, 0.2) is 0 Å². The largest absolute Gasteiger partial charge is 0.354 e. The molecule has 0 heterocycles. The maximum absolute atomic E-state index is 12.3. The summed E-state index contributed by atoms with van der Waals surface area (Å²) in [6.07, 6.45) is 7.71. The zero-order chi connectivity index (χ0) is 14.5. The van der Waals surface area contributed by atoms with Crippen LogP contribution in [0, 0.1) is 17.8 Å². The van der Waals surface area contributed by atoms with Crippen molar-refractivity contribution in [1.29, 1.82) is 0 Å². The Morgan fingerprint density at radius 3 is 2.25 bits per heavy atom. The average Bonchev–Trinajstić information content (AvgIpc) is 2.33. The fourth-order valence-corrected chi connectivity index (χ4v) is 2.91. The Bertz CT molecular complexity index is 281. The Labute approximate surface area is 130 Å². The number of nitrogens with two attached hydrogens (primary N) is 1. The summed E-state index contributed by atoms with van der Waals surface area (Å²) in [7, 11) is 0. The number of amides is 1. The Balaban J connectivity index is 0.00000361. The molecule has 1 saturated carbocycles. The number of carbonyl (C=O) groups is 1. The van der Waals surface area contributed by atoms with E-state index in [2.05, 4.69) is 19.2 Å². The van der Waals surface area contributed by atoms with Gasteiger partial charge in [-0.25, -0.2) is 0 Å². The second-order valence-electron chi connectivity index (χ2n) is 7.30. The van der Waals surface area contributed by atoms with Gasteiger partial charge in [0.2, 0.25) is 5.91 Å². The molecule has 0 aromatic carbocycles. The van der Waals surface area contributed by atoms with Crippen LogP contribution < -0.4 is 11.1 Å². The first-order valence-corrected chi connectivity index (χ1v) is 7.86. The lowest BCUT2D eigenvalue weighted by molar-refractivity contribution is -0.127. The highest BCUT2D eigenvalue weighted by molar-refractivity contribution is 5.85. The van der Waals surface area contributed by atoms with E-state index >= 15 is 0 Å². The summed E-state index contributed by atoms with van der Waals surface area (Å²) in [6.45, 7) is 8.75. The van der Waals surface area contributed by atoms with Crippen LogP contribution in [-0.4, -0.2) is 18.0 Å². The van der Waals surface area contributed by atoms with Crippen LogP contribution in [0.2, 0.25) is 0 Å². The van der Waals surface area contributed by atoms with Gasteiger partial charge in [0.25, 0.3) is 0 Å². The van der Waals surface area contributed by atoms with Crippen molar-refractivity contribution in [2.45, 2.75) is 71.8 Å². The molecule has 1 rings (SSSR count). The van der Waals surface area contributed by atoms with Gasteiger partial charge in [-0.05, 0) is 32.1 Å². The summed E-state index contributed by atoms with van der Waals surface area (Å²) in [5.41, 5.74) is 5.60. The fraction of sp³-hybridized carbons (Fsp3) is 0.938. The van der Waals surface area contributed by atoms with Crippen molar-refractivity contribution in [2.24, 2.45) is 23.5 Å². The Hall–Kier alpha value is -0.280. The van der Waals surface area contributed by atoms with Crippen molar-refractivity contribution < 1.29 is 4.79 Å². The lowest BCUT2D eigenvalue weighted by Gasteiger charge is -2.29. The van der Waals surface area contributed by atoms with E-state index in [1.54, 1.807) is 0 Å². The molecule has 1 unspecified atom stereocenters. The third-order valence-corrected chi connectivity index (χ3v) is 4.17. The molecule has 0 saturated heterocycles. The topological polar surface area (TPSA) is 55.1 Å². The molecule has 0 bridgehead atoms. The van der Waals surface area contributed by atoms with Crippen LogP contribution in [0.3, 0.4) is 0 Å². The highest BCUT2D eigenvalue weighted by Crippen LogP contribution is 2.31. The highest BCUT2D eigenvalue weighted by atomic mass is 35.5. The molecular weight excluding hydrogens is 272 g/mol. The monoisotopic (exact) mass is 304 g/mol. The second-order valence-corrected chi connectivity index (χ2v) is 7.30. The zero-order valence-electron chi connectivity index (χ0n) is 13.6. The number of hydrogen-bond acceptors (Lipinski definition) is 2. The van der Waals surface area contributed by atoms with Gasteiger partial charge in [0.1, 0.15) is 0 Å². The minimum atomic E-state index is -0.331. The Kier molecular flexibility index (Phi) is 8.76. The molecule has 4 heteroatoms. The van der Waals surface area contributed by atoms with E-state index in [1.807, 2.05) is 13.8 Å². The van der Waals surface area contributed by atoms with Gasteiger partial charge in [-0.3, -0.25) is 4.79 Å². The summed E-state index contributed by atoms with van der Waals surface area (Å²) < 4.78 is 0. The van der Waals surface area contributed by atoms with Crippen molar-refractivity contribution in [3.63, 3.8) is 0 Å². The minimum Gasteiger partial charge on any atom is -0.354 e. The van der Waals surface area contributed by atoms with Crippen LogP contribution in [0.1, 0.15) is 66.2 Å². The van der Waals surface area contributed by atoms with Crippen molar-refractivity contribution >= 4 is 18.3 Å². The Morgan fingerprint density at radius 1 is 1.25 bits per heavy atom. The van der Waals surface area contributed by atoms with Crippen molar-refractivity contribution in [3.05, 3.63) is 0 Å². The molecular formula is C16H33ClN2O. The SMILES string of the molecule is CC(C)C(CC1CCCCC1)C(=O)NCC(C)(C)N.Cl. The predicted octanol–water partition coefficient (Wildman–Crippen LogP) is 3.50. The zero-order valence-corrected chi connectivity index (χ0v) is 14.4. The van der Waals surface area contributed by atoms with Crippen LogP contribution in [0.5, 0.6) is 0 Å². The predicted molar refractivity (Wildman–Crippen MR) is 88.0 cm³/mol. The fourth-order valence-electron chi connectivity index (χ4n) is 2.91. The average molecular weight is 305 g/mol. The second kappa shape index (κ2) is 8.89. The van der Waals surface area contributed by atoms with Crippen LogP contribution in [0.25, 0.3) is 0 Å². The molecule has 1 aliphatic carbocycles. The van der Waals surface area contributed by atoms with E-state index in [0.717, 1.165) is 12.3 Å². The minimum absolute atomic E-state index is 0. The quantitative estimate of drug-likeness (QED) is 0.789. The number of carbonyl (C=O) groups excluding carboxylic acids is 1. The molecule has 120 valence electrons. The molecule has 0 aromatic heterocycles. The maximum atomic E-state index is 12.3. The lowest BCUT2D eigenvalue weighted by atomic mass is 9.79. The molecule has 0 aromatic rings. The Morgan fingerprint density at radius 2 is 1.80 bits per heavy atom. The van der Waals surface area contributed by atoms with Gasteiger partial charge in [-0.2, -0.15) is 0 Å². The van der Waals surface area contributed by atoms with E-state index in [9.17, 15) is 4.79 Å². The standard InChI is InChI=1S/C16H32N2O.ClH/c1-12(2)14(10-13-8-6-5-7-9-13)15(19)18-11-16(3,4)17;/h12-14H,5-11,17H2,1-4H3,(H,18,19);1H. The number of hydrogen-bond donors (Lipinski definition) is 2. The normalized spacial score (nSPS) is 18.5. The number of nitrogens with one attached hydrogen (secondary N) is 1. The highest BCUT2D eigenvalue weighted by Gasteiger charge is 2.27. The van der Waals surface area contributed by atoms with Gasteiger partial charge in [-0.15, -0.1) is 12.4 Å². The van der Waals surface area contributed by atoms with Gasteiger partial charge in [0.15, 0.2) is 0 Å². The summed E-state index contributed by atoms with van der Waals surface area (Å²) in [4.78, 5) is 12.3. The van der Waals surface area contributed by atoms with Crippen LogP contribution in [0.4, 0.5) is 0 Å². The molecule has 1 aliphatic rings. The molecule has 0 aliphatic heterocycles. The van der Waals surface area contributed by atoms with Gasteiger partial charge < -0.3 is 11.1 Å². The van der Waals surface area contributed by atoms with Crippen LogP contribution >= 0.6 is 12.4 Å². The van der Waals surface area contributed by atoms with Crippen molar-refractivity contribution in [1.82, 2.24) is 5.32 Å². The third-order valence-electron chi connectivity index (χ3n) is 4.17. The molecule has 3 nitrogen and oxygen atoms in total. The van der Waals surface area contributed by atoms with Gasteiger partial charge in [0.05, 0.1) is 0 Å². The van der Waals surface area contributed by atoms with Crippen LogP contribution in [-0.2, 0) is 4.79 Å². The maximum Gasteiger partial charge on any atom is 0.223 e. The molecule has 0 spiro atoms. The van der Waals surface area contributed by atoms with E-state index < -0.39 is 0 Å². The first kappa shape index (κ1) is 19.7. The molecule has 0 radical (unpaired) electrons. The summed E-state index contributed by atoms with van der Waals surface area (Å²) in [6, 6.07) is 0. The van der Waals surface area contributed by atoms with Gasteiger partial charge in [-0.1, -0.05) is 46.0 Å². The molecule has 1 amide bonds. The van der Waals surface area contributed by atoms with Gasteiger partial charge in [0, 0.05) is 18.0 Å². The summed E-state index contributed by atoms with van der Waals surface area (Å²) in [5, 5.41) is 3.03. The smallest absolute Gasteiger partial charge is 0.223 e. The van der Waals surface area contributed by atoms with Gasteiger partial charge >= 0.3 is 0 Å². The van der Waals surface area contributed by atoms with E-state index in [-0.39, 0.29) is 29.8 Å². The first-order chi connectivity index (χ1) is 8.79.